The third-order valence-corrected chi connectivity index (χ3v) is 3.40. The van der Waals surface area contributed by atoms with Gasteiger partial charge in [0.15, 0.2) is 10.4 Å². The number of amides is 1. The van der Waals surface area contributed by atoms with Gasteiger partial charge < -0.3 is 15.1 Å². The minimum Gasteiger partial charge on any atom is -0.444 e. The molecule has 1 amide bonds. The zero-order valence-corrected chi connectivity index (χ0v) is 13.1. The molecule has 5 heteroatoms. The fourth-order valence-electron chi connectivity index (χ4n) is 1.95. The Morgan fingerprint density at radius 2 is 2.10 bits per heavy atom. The predicted molar refractivity (Wildman–Crippen MR) is 82.3 cm³/mol. The molecule has 106 valence electrons. The summed E-state index contributed by atoms with van der Waals surface area (Å²) in [5.74, 6) is 0.197. The van der Waals surface area contributed by atoms with Crippen molar-refractivity contribution < 1.29 is 9.21 Å². The highest BCUT2D eigenvalue weighted by Crippen LogP contribution is 2.19. The monoisotopic (exact) mass is 336 g/mol. The van der Waals surface area contributed by atoms with E-state index in [4.69, 9.17) is 10.2 Å². The molecule has 1 aromatic heterocycles. The van der Waals surface area contributed by atoms with Gasteiger partial charge in [0.2, 0.25) is 0 Å². The van der Waals surface area contributed by atoms with E-state index in [0.29, 0.717) is 22.7 Å². The SMILES string of the molecule is CC(C)N(Cc1cccc(N)c1)C(=O)c1ccc(Br)o1. The molecule has 1 aromatic carbocycles. The largest absolute Gasteiger partial charge is 0.444 e. The smallest absolute Gasteiger partial charge is 0.290 e. The van der Waals surface area contributed by atoms with Gasteiger partial charge in [0.1, 0.15) is 0 Å². The summed E-state index contributed by atoms with van der Waals surface area (Å²) in [5.41, 5.74) is 7.46. The average Bonchev–Trinajstić information content (AvgIpc) is 2.82. The van der Waals surface area contributed by atoms with Crippen LogP contribution in [-0.2, 0) is 6.54 Å². The molecule has 20 heavy (non-hydrogen) atoms. The molecule has 0 unspecified atom stereocenters. The number of anilines is 1. The van der Waals surface area contributed by atoms with Gasteiger partial charge in [0, 0.05) is 18.3 Å². The van der Waals surface area contributed by atoms with Crippen LogP contribution in [0, 0.1) is 0 Å². The van der Waals surface area contributed by atoms with Gasteiger partial charge in [-0.3, -0.25) is 4.79 Å². The van der Waals surface area contributed by atoms with Crippen molar-refractivity contribution in [2.75, 3.05) is 5.73 Å². The summed E-state index contributed by atoms with van der Waals surface area (Å²) in [6, 6.07) is 11.0. The number of carbonyl (C=O) groups is 1. The lowest BCUT2D eigenvalue weighted by Crippen LogP contribution is -2.36. The van der Waals surface area contributed by atoms with Crippen molar-refractivity contribution in [2.45, 2.75) is 26.4 Å². The molecule has 0 spiro atoms. The maximum Gasteiger partial charge on any atom is 0.290 e. The standard InChI is InChI=1S/C15H17BrN2O2/c1-10(2)18(9-11-4-3-5-12(17)8-11)15(19)13-6-7-14(16)20-13/h3-8,10H,9,17H2,1-2H3. The van der Waals surface area contributed by atoms with Gasteiger partial charge in [-0.05, 0) is 59.6 Å². The van der Waals surface area contributed by atoms with Crippen molar-refractivity contribution in [3.05, 3.63) is 52.4 Å². The van der Waals surface area contributed by atoms with E-state index in [-0.39, 0.29) is 11.9 Å². The van der Waals surface area contributed by atoms with Crippen molar-refractivity contribution in [1.82, 2.24) is 4.90 Å². The number of benzene rings is 1. The Bertz CT molecular complexity index is 607. The lowest BCUT2D eigenvalue weighted by atomic mass is 10.1. The quantitative estimate of drug-likeness (QED) is 0.866. The van der Waals surface area contributed by atoms with Crippen LogP contribution in [0.4, 0.5) is 5.69 Å². The van der Waals surface area contributed by atoms with Crippen LogP contribution in [0.25, 0.3) is 0 Å². The molecular formula is C15H17BrN2O2. The molecule has 2 aromatic rings. The zero-order valence-electron chi connectivity index (χ0n) is 11.5. The van der Waals surface area contributed by atoms with Crippen molar-refractivity contribution in [3.63, 3.8) is 0 Å². The van der Waals surface area contributed by atoms with Crippen LogP contribution in [0.15, 0.2) is 45.5 Å². The first-order valence-electron chi connectivity index (χ1n) is 6.38. The summed E-state index contributed by atoms with van der Waals surface area (Å²) >= 11 is 3.21. The van der Waals surface area contributed by atoms with Gasteiger partial charge in [-0.1, -0.05) is 12.1 Å². The molecule has 0 aliphatic rings. The van der Waals surface area contributed by atoms with Gasteiger partial charge in [-0.15, -0.1) is 0 Å². The molecule has 0 radical (unpaired) electrons. The van der Waals surface area contributed by atoms with Gasteiger partial charge in [-0.25, -0.2) is 0 Å². The molecule has 0 saturated carbocycles. The molecular weight excluding hydrogens is 320 g/mol. The Hall–Kier alpha value is -1.75. The number of nitrogens with two attached hydrogens (primary N) is 1. The van der Waals surface area contributed by atoms with Crippen LogP contribution in [0.5, 0.6) is 0 Å². The molecule has 0 aliphatic carbocycles. The maximum absolute atomic E-state index is 12.5. The van der Waals surface area contributed by atoms with Crippen molar-refractivity contribution in [1.29, 1.82) is 0 Å². The number of nitrogen functional groups attached to an aromatic ring is 1. The predicted octanol–water partition coefficient (Wildman–Crippen LogP) is 3.68. The summed E-state index contributed by atoms with van der Waals surface area (Å²) in [6.07, 6.45) is 0. The Labute approximate surface area is 126 Å². The number of nitrogens with zero attached hydrogens (tertiary/aromatic N) is 1. The summed E-state index contributed by atoms with van der Waals surface area (Å²) < 4.78 is 5.89. The van der Waals surface area contributed by atoms with Crippen LogP contribution in [0.2, 0.25) is 0 Å². The topological polar surface area (TPSA) is 59.5 Å². The van der Waals surface area contributed by atoms with E-state index < -0.39 is 0 Å². The summed E-state index contributed by atoms with van der Waals surface area (Å²) in [5, 5.41) is 0. The van der Waals surface area contributed by atoms with Gasteiger partial charge >= 0.3 is 0 Å². The molecule has 0 bridgehead atoms. The lowest BCUT2D eigenvalue weighted by Gasteiger charge is -2.26. The van der Waals surface area contributed by atoms with E-state index >= 15 is 0 Å². The van der Waals surface area contributed by atoms with E-state index in [9.17, 15) is 4.79 Å². The first-order valence-corrected chi connectivity index (χ1v) is 7.17. The Morgan fingerprint density at radius 3 is 2.65 bits per heavy atom. The second-order valence-corrected chi connectivity index (χ2v) is 5.66. The Balaban J connectivity index is 2.21. The molecule has 0 aliphatic heterocycles. The highest BCUT2D eigenvalue weighted by atomic mass is 79.9. The van der Waals surface area contributed by atoms with Gasteiger partial charge in [-0.2, -0.15) is 0 Å². The van der Waals surface area contributed by atoms with Crippen molar-refractivity contribution >= 4 is 27.5 Å². The molecule has 0 atom stereocenters. The Morgan fingerprint density at radius 1 is 1.35 bits per heavy atom. The maximum atomic E-state index is 12.5. The van der Waals surface area contributed by atoms with E-state index in [2.05, 4.69) is 15.9 Å². The van der Waals surface area contributed by atoms with E-state index in [1.807, 2.05) is 38.1 Å². The number of halogens is 1. The van der Waals surface area contributed by atoms with Crippen LogP contribution >= 0.6 is 15.9 Å². The van der Waals surface area contributed by atoms with Crippen LogP contribution in [0.1, 0.15) is 30.0 Å². The van der Waals surface area contributed by atoms with Crippen LogP contribution in [-0.4, -0.2) is 16.8 Å². The number of hydrogen-bond acceptors (Lipinski definition) is 3. The second-order valence-electron chi connectivity index (χ2n) is 4.88. The van der Waals surface area contributed by atoms with E-state index in [1.54, 1.807) is 17.0 Å². The number of carbonyl (C=O) groups excluding carboxylic acids is 1. The molecule has 2 N–H and O–H groups in total. The normalized spacial score (nSPS) is 10.8. The molecule has 2 rings (SSSR count). The van der Waals surface area contributed by atoms with Crippen molar-refractivity contribution in [3.8, 4) is 0 Å². The van der Waals surface area contributed by atoms with E-state index in [1.165, 1.54) is 0 Å². The molecule has 4 nitrogen and oxygen atoms in total. The van der Waals surface area contributed by atoms with Gasteiger partial charge in [0.25, 0.3) is 5.91 Å². The minimum absolute atomic E-state index is 0.0628. The third-order valence-electron chi connectivity index (χ3n) is 2.97. The van der Waals surface area contributed by atoms with Gasteiger partial charge in [0.05, 0.1) is 0 Å². The number of hydrogen-bond donors (Lipinski definition) is 1. The fourth-order valence-corrected chi connectivity index (χ4v) is 2.25. The highest BCUT2D eigenvalue weighted by molar-refractivity contribution is 9.10. The molecule has 0 saturated heterocycles. The lowest BCUT2D eigenvalue weighted by molar-refractivity contribution is 0.0656. The number of rotatable bonds is 4. The Kier molecular flexibility index (Phi) is 4.49. The molecule has 1 heterocycles. The molecule has 0 fully saturated rings. The number of furan rings is 1. The fraction of sp³-hybridized carbons (Fsp3) is 0.267. The highest BCUT2D eigenvalue weighted by Gasteiger charge is 2.21. The van der Waals surface area contributed by atoms with Crippen LogP contribution in [0.3, 0.4) is 0 Å². The average molecular weight is 337 g/mol. The van der Waals surface area contributed by atoms with Crippen molar-refractivity contribution in [2.24, 2.45) is 0 Å². The minimum atomic E-state index is -0.131. The van der Waals surface area contributed by atoms with Crippen LogP contribution < -0.4 is 5.73 Å². The summed E-state index contributed by atoms with van der Waals surface area (Å²) in [6.45, 7) is 4.45. The second kappa shape index (κ2) is 6.13. The van der Waals surface area contributed by atoms with E-state index in [0.717, 1.165) is 5.56 Å². The summed E-state index contributed by atoms with van der Waals surface area (Å²) in [4.78, 5) is 14.2. The zero-order chi connectivity index (χ0) is 14.7. The third kappa shape index (κ3) is 3.42. The first kappa shape index (κ1) is 14.7. The summed E-state index contributed by atoms with van der Waals surface area (Å²) in [7, 11) is 0. The first-order chi connectivity index (χ1) is 9.47.